The summed E-state index contributed by atoms with van der Waals surface area (Å²) in [7, 11) is 1.94. The van der Waals surface area contributed by atoms with Crippen LogP contribution in [-0.4, -0.2) is 30.9 Å². The minimum atomic E-state index is 0.315. The lowest BCUT2D eigenvalue weighted by molar-refractivity contribution is -0.130. The SMILES string of the molecule is CCCC(CCN)CCC(=O)N(C)CC1CC1. The third-order valence-electron chi connectivity index (χ3n) is 3.69. The second-order valence-corrected chi connectivity index (χ2v) is 5.49. The molecule has 0 aromatic heterocycles. The van der Waals surface area contributed by atoms with Gasteiger partial charge in [0.1, 0.15) is 0 Å². The summed E-state index contributed by atoms with van der Waals surface area (Å²) in [5.74, 6) is 1.75. The lowest BCUT2D eigenvalue weighted by atomic mass is 9.94. The predicted molar refractivity (Wildman–Crippen MR) is 71.7 cm³/mol. The van der Waals surface area contributed by atoms with E-state index < -0.39 is 0 Å². The van der Waals surface area contributed by atoms with Gasteiger partial charge in [0.05, 0.1) is 0 Å². The summed E-state index contributed by atoms with van der Waals surface area (Å²) < 4.78 is 0. The van der Waals surface area contributed by atoms with Crippen LogP contribution in [0, 0.1) is 11.8 Å². The minimum absolute atomic E-state index is 0.315. The number of amides is 1. The highest BCUT2D eigenvalue weighted by molar-refractivity contribution is 5.75. The highest BCUT2D eigenvalue weighted by atomic mass is 16.2. The molecule has 1 rings (SSSR count). The van der Waals surface area contributed by atoms with Crippen molar-refractivity contribution in [1.29, 1.82) is 0 Å². The fourth-order valence-corrected chi connectivity index (χ4v) is 2.38. The summed E-state index contributed by atoms with van der Waals surface area (Å²) in [5.41, 5.74) is 5.60. The normalized spacial score (nSPS) is 16.9. The summed E-state index contributed by atoms with van der Waals surface area (Å²) in [6.07, 6.45) is 7.79. The average Bonchev–Trinajstić information content (AvgIpc) is 3.10. The van der Waals surface area contributed by atoms with Crippen molar-refractivity contribution in [2.75, 3.05) is 20.1 Å². The van der Waals surface area contributed by atoms with Crippen molar-refractivity contribution >= 4 is 5.91 Å². The molecule has 0 aliphatic heterocycles. The molecule has 3 heteroatoms. The van der Waals surface area contributed by atoms with Gasteiger partial charge in [-0.15, -0.1) is 0 Å². The van der Waals surface area contributed by atoms with E-state index in [0.29, 0.717) is 18.2 Å². The topological polar surface area (TPSA) is 46.3 Å². The molecular weight excluding hydrogens is 212 g/mol. The second kappa shape index (κ2) is 7.70. The molecule has 0 aromatic rings. The maximum absolute atomic E-state index is 11.9. The molecule has 0 heterocycles. The van der Waals surface area contributed by atoms with Crippen LogP contribution in [0.4, 0.5) is 0 Å². The molecule has 17 heavy (non-hydrogen) atoms. The van der Waals surface area contributed by atoms with E-state index in [4.69, 9.17) is 5.73 Å². The molecule has 1 saturated carbocycles. The zero-order chi connectivity index (χ0) is 12.7. The molecule has 0 radical (unpaired) electrons. The quantitative estimate of drug-likeness (QED) is 0.672. The van der Waals surface area contributed by atoms with Crippen molar-refractivity contribution in [3.8, 4) is 0 Å². The van der Waals surface area contributed by atoms with Crippen LogP contribution in [0.15, 0.2) is 0 Å². The van der Waals surface area contributed by atoms with Crippen LogP contribution >= 0.6 is 0 Å². The first-order valence-corrected chi connectivity index (χ1v) is 7.11. The highest BCUT2D eigenvalue weighted by Gasteiger charge is 2.24. The first-order valence-electron chi connectivity index (χ1n) is 7.11. The number of nitrogens with two attached hydrogens (primary N) is 1. The molecular formula is C14H28N2O. The van der Waals surface area contributed by atoms with Crippen LogP contribution in [-0.2, 0) is 4.79 Å². The predicted octanol–water partition coefficient (Wildman–Crippen LogP) is 2.40. The molecule has 0 spiro atoms. The lowest BCUT2D eigenvalue weighted by Crippen LogP contribution is -2.29. The summed E-state index contributed by atoms with van der Waals surface area (Å²) in [6.45, 7) is 3.91. The van der Waals surface area contributed by atoms with Gasteiger partial charge in [-0.2, -0.15) is 0 Å². The standard InChI is InChI=1S/C14H28N2O/c1-3-4-12(9-10-15)7-8-14(17)16(2)11-13-5-6-13/h12-13H,3-11,15H2,1-2H3. The molecule has 0 bridgehead atoms. The summed E-state index contributed by atoms with van der Waals surface area (Å²) in [6, 6.07) is 0. The molecule has 0 saturated heterocycles. The van der Waals surface area contributed by atoms with Crippen LogP contribution in [0.2, 0.25) is 0 Å². The van der Waals surface area contributed by atoms with Crippen molar-refractivity contribution in [2.45, 2.75) is 51.9 Å². The number of hydrogen-bond acceptors (Lipinski definition) is 2. The number of carbonyl (C=O) groups is 1. The molecule has 1 amide bonds. The van der Waals surface area contributed by atoms with Gasteiger partial charge in [-0.1, -0.05) is 19.8 Å². The van der Waals surface area contributed by atoms with Crippen molar-refractivity contribution in [1.82, 2.24) is 4.90 Å². The van der Waals surface area contributed by atoms with Crippen molar-refractivity contribution in [3.63, 3.8) is 0 Å². The number of nitrogens with zero attached hydrogens (tertiary/aromatic N) is 1. The largest absolute Gasteiger partial charge is 0.345 e. The Bertz CT molecular complexity index is 220. The minimum Gasteiger partial charge on any atom is -0.345 e. The van der Waals surface area contributed by atoms with Gasteiger partial charge in [0.15, 0.2) is 0 Å². The van der Waals surface area contributed by atoms with Crippen LogP contribution in [0.25, 0.3) is 0 Å². The third kappa shape index (κ3) is 6.06. The van der Waals surface area contributed by atoms with Gasteiger partial charge in [-0.25, -0.2) is 0 Å². The molecule has 1 aliphatic rings. The van der Waals surface area contributed by atoms with E-state index in [2.05, 4.69) is 6.92 Å². The van der Waals surface area contributed by atoms with Crippen LogP contribution in [0.5, 0.6) is 0 Å². The molecule has 3 nitrogen and oxygen atoms in total. The summed E-state index contributed by atoms with van der Waals surface area (Å²) in [4.78, 5) is 13.8. The van der Waals surface area contributed by atoms with Crippen LogP contribution in [0.3, 0.4) is 0 Å². The van der Waals surface area contributed by atoms with Gasteiger partial charge >= 0.3 is 0 Å². The van der Waals surface area contributed by atoms with E-state index in [9.17, 15) is 4.79 Å². The molecule has 1 aliphatic carbocycles. The van der Waals surface area contributed by atoms with Gasteiger partial charge in [-0.05, 0) is 44.1 Å². The van der Waals surface area contributed by atoms with Crippen molar-refractivity contribution in [2.24, 2.45) is 17.6 Å². The zero-order valence-corrected chi connectivity index (χ0v) is 11.5. The van der Waals surface area contributed by atoms with Crippen molar-refractivity contribution < 1.29 is 4.79 Å². The first kappa shape index (κ1) is 14.5. The van der Waals surface area contributed by atoms with E-state index in [0.717, 1.165) is 31.8 Å². The van der Waals surface area contributed by atoms with E-state index in [1.54, 1.807) is 0 Å². The van der Waals surface area contributed by atoms with E-state index >= 15 is 0 Å². The van der Waals surface area contributed by atoms with Gasteiger partial charge < -0.3 is 10.6 Å². The Morgan fingerprint density at radius 1 is 1.35 bits per heavy atom. The Balaban J connectivity index is 2.18. The smallest absolute Gasteiger partial charge is 0.222 e. The first-order chi connectivity index (χ1) is 8.17. The Kier molecular flexibility index (Phi) is 6.56. The third-order valence-corrected chi connectivity index (χ3v) is 3.69. The highest BCUT2D eigenvalue weighted by Crippen LogP contribution is 2.29. The van der Waals surface area contributed by atoms with Gasteiger partial charge in [0.2, 0.25) is 5.91 Å². The fraction of sp³-hybridized carbons (Fsp3) is 0.929. The fourth-order valence-electron chi connectivity index (χ4n) is 2.38. The van der Waals surface area contributed by atoms with Crippen molar-refractivity contribution in [3.05, 3.63) is 0 Å². The average molecular weight is 240 g/mol. The van der Waals surface area contributed by atoms with Gasteiger partial charge in [0, 0.05) is 20.0 Å². The maximum atomic E-state index is 11.9. The Morgan fingerprint density at radius 2 is 2.06 bits per heavy atom. The number of rotatable bonds is 9. The summed E-state index contributed by atoms with van der Waals surface area (Å²) in [5, 5.41) is 0. The Hall–Kier alpha value is -0.570. The number of hydrogen-bond donors (Lipinski definition) is 1. The Labute approximate surface area is 106 Å². The monoisotopic (exact) mass is 240 g/mol. The Morgan fingerprint density at radius 3 is 2.59 bits per heavy atom. The molecule has 1 atom stereocenters. The molecule has 100 valence electrons. The molecule has 2 N–H and O–H groups in total. The van der Waals surface area contributed by atoms with Crippen LogP contribution < -0.4 is 5.73 Å². The molecule has 1 unspecified atom stereocenters. The van der Waals surface area contributed by atoms with Gasteiger partial charge in [0.25, 0.3) is 0 Å². The summed E-state index contributed by atoms with van der Waals surface area (Å²) >= 11 is 0. The molecule has 0 aromatic carbocycles. The second-order valence-electron chi connectivity index (χ2n) is 5.49. The zero-order valence-electron chi connectivity index (χ0n) is 11.5. The van der Waals surface area contributed by atoms with Crippen LogP contribution in [0.1, 0.15) is 51.9 Å². The van der Waals surface area contributed by atoms with E-state index in [1.807, 2.05) is 11.9 Å². The van der Waals surface area contributed by atoms with E-state index in [1.165, 1.54) is 25.7 Å². The van der Waals surface area contributed by atoms with Gasteiger partial charge in [-0.3, -0.25) is 4.79 Å². The van der Waals surface area contributed by atoms with E-state index in [-0.39, 0.29) is 0 Å². The maximum Gasteiger partial charge on any atom is 0.222 e. The lowest BCUT2D eigenvalue weighted by Gasteiger charge is -2.19. The molecule has 1 fully saturated rings. The number of carbonyl (C=O) groups excluding carboxylic acids is 1.